The molecule has 2 rings (SSSR count). The molecule has 0 amide bonds. The molecule has 7 heteroatoms. The van der Waals surface area contributed by atoms with E-state index in [0.717, 1.165) is 7.88 Å². The number of β-amino-alcohol motifs (C(OH)–C–C–N with tert-alkyl or cyclic N) is 2. The maximum atomic E-state index is 12.1. The lowest BCUT2D eigenvalue weighted by Gasteiger charge is -2.15. The average molecular weight is 369 g/mol. The summed E-state index contributed by atoms with van der Waals surface area (Å²) >= 11 is 2.09. The monoisotopic (exact) mass is 369 g/mol. The summed E-state index contributed by atoms with van der Waals surface area (Å²) < 4.78 is 26.3. The molecule has 1 aliphatic rings. The second-order valence-electron chi connectivity index (χ2n) is 3.91. The zero-order valence-corrected chi connectivity index (χ0v) is 11.8. The van der Waals surface area contributed by atoms with E-state index in [1.807, 2.05) is 0 Å². The molecule has 2 N–H and O–H groups in total. The van der Waals surface area contributed by atoms with Crippen molar-refractivity contribution in [2.75, 3.05) is 13.1 Å². The standard InChI is InChI=1S/C10H12INO4S/c11-7-1-3-8(4-2-7)17(15,16)12-5-9(13)10(14)6-12/h1-4,9-10,13-14H,5-6H2/t9-,10+. The van der Waals surface area contributed by atoms with Crippen LogP contribution in [0, 0.1) is 3.57 Å². The largest absolute Gasteiger partial charge is 0.389 e. The third-order valence-electron chi connectivity index (χ3n) is 2.68. The van der Waals surface area contributed by atoms with E-state index in [0.29, 0.717) is 0 Å². The van der Waals surface area contributed by atoms with E-state index in [2.05, 4.69) is 22.6 Å². The highest BCUT2D eigenvalue weighted by Gasteiger charge is 2.37. The van der Waals surface area contributed by atoms with Crippen molar-refractivity contribution in [3.63, 3.8) is 0 Å². The zero-order chi connectivity index (χ0) is 12.6. The van der Waals surface area contributed by atoms with Crippen molar-refractivity contribution >= 4 is 32.6 Å². The van der Waals surface area contributed by atoms with E-state index in [1.165, 1.54) is 12.1 Å². The second kappa shape index (κ2) is 4.81. The molecule has 0 bridgehead atoms. The van der Waals surface area contributed by atoms with Crippen LogP contribution in [-0.2, 0) is 10.0 Å². The summed E-state index contributed by atoms with van der Waals surface area (Å²) in [4.78, 5) is 0.180. The van der Waals surface area contributed by atoms with E-state index in [1.54, 1.807) is 12.1 Å². The quantitative estimate of drug-likeness (QED) is 0.721. The van der Waals surface area contributed by atoms with Crippen LogP contribution >= 0.6 is 22.6 Å². The lowest BCUT2D eigenvalue weighted by Crippen LogP contribution is -2.29. The average Bonchev–Trinajstić information content (AvgIpc) is 2.60. The van der Waals surface area contributed by atoms with Gasteiger partial charge in [-0.05, 0) is 46.9 Å². The van der Waals surface area contributed by atoms with Gasteiger partial charge in [0.15, 0.2) is 0 Å². The van der Waals surface area contributed by atoms with Gasteiger partial charge in [0.1, 0.15) is 0 Å². The number of hydrogen-bond acceptors (Lipinski definition) is 4. The van der Waals surface area contributed by atoms with Gasteiger partial charge in [-0.3, -0.25) is 0 Å². The smallest absolute Gasteiger partial charge is 0.243 e. The van der Waals surface area contributed by atoms with E-state index in [4.69, 9.17) is 0 Å². The van der Waals surface area contributed by atoms with Crippen LogP contribution in [0.4, 0.5) is 0 Å². The lowest BCUT2D eigenvalue weighted by molar-refractivity contribution is 0.0572. The number of sulfonamides is 1. The van der Waals surface area contributed by atoms with Gasteiger partial charge in [-0.1, -0.05) is 0 Å². The van der Waals surface area contributed by atoms with Gasteiger partial charge >= 0.3 is 0 Å². The number of rotatable bonds is 2. The molecular formula is C10H12INO4S. The first-order valence-corrected chi connectivity index (χ1v) is 7.55. The summed E-state index contributed by atoms with van der Waals surface area (Å²) in [5, 5.41) is 18.7. The first kappa shape index (κ1) is 13.2. The molecule has 1 aromatic carbocycles. The van der Waals surface area contributed by atoms with Gasteiger partial charge in [0.05, 0.1) is 17.1 Å². The van der Waals surface area contributed by atoms with Crippen LogP contribution < -0.4 is 0 Å². The Labute approximate surface area is 113 Å². The fourth-order valence-corrected chi connectivity index (χ4v) is 3.52. The Kier molecular flexibility index (Phi) is 3.74. The third kappa shape index (κ3) is 2.63. The topological polar surface area (TPSA) is 77.8 Å². The number of benzene rings is 1. The van der Waals surface area contributed by atoms with Gasteiger partial charge in [-0.25, -0.2) is 8.42 Å². The number of aliphatic hydroxyl groups is 2. The van der Waals surface area contributed by atoms with Crippen molar-refractivity contribution in [3.8, 4) is 0 Å². The number of aliphatic hydroxyl groups excluding tert-OH is 2. The molecule has 1 fully saturated rings. The van der Waals surface area contributed by atoms with E-state index >= 15 is 0 Å². The molecule has 0 aromatic heterocycles. The highest BCUT2D eigenvalue weighted by Crippen LogP contribution is 2.21. The lowest BCUT2D eigenvalue weighted by atomic mass is 10.3. The fourth-order valence-electron chi connectivity index (χ4n) is 1.69. The van der Waals surface area contributed by atoms with Crippen LogP contribution in [0.25, 0.3) is 0 Å². The van der Waals surface area contributed by atoms with Crippen molar-refractivity contribution in [3.05, 3.63) is 27.8 Å². The Bertz CT molecular complexity index is 492. The van der Waals surface area contributed by atoms with E-state index in [9.17, 15) is 18.6 Å². The molecule has 17 heavy (non-hydrogen) atoms. The van der Waals surface area contributed by atoms with Crippen molar-refractivity contribution in [2.24, 2.45) is 0 Å². The Morgan fingerprint density at radius 2 is 1.59 bits per heavy atom. The Balaban J connectivity index is 2.28. The van der Waals surface area contributed by atoms with Gasteiger partial charge < -0.3 is 10.2 Å². The fraction of sp³-hybridized carbons (Fsp3) is 0.400. The second-order valence-corrected chi connectivity index (χ2v) is 7.09. The van der Waals surface area contributed by atoms with Crippen molar-refractivity contribution in [2.45, 2.75) is 17.1 Å². The molecule has 1 aliphatic heterocycles. The molecule has 1 heterocycles. The molecular weight excluding hydrogens is 357 g/mol. The highest BCUT2D eigenvalue weighted by molar-refractivity contribution is 14.1. The number of nitrogens with zero attached hydrogens (tertiary/aromatic N) is 1. The van der Waals surface area contributed by atoms with Gasteiger partial charge in [0.25, 0.3) is 0 Å². The molecule has 5 nitrogen and oxygen atoms in total. The molecule has 94 valence electrons. The van der Waals surface area contributed by atoms with E-state index < -0.39 is 22.2 Å². The maximum absolute atomic E-state index is 12.1. The molecule has 0 spiro atoms. The van der Waals surface area contributed by atoms with Crippen molar-refractivity contribution < 1.29 is 18.6 Å². The minimum absolute atomic E-state index is 0.0600. The predicted octanol–water partition coefficient (Wildman–Crippen LogP) is 0.0173. The Morgan fingerprint density at radius 1 is 1.12 bits per heavy atom. The van der Waals surface area contributed by atoms with Crippen LogP contribution in [0.15, 0.2) is 29.2 Å². The normalized spacial score (nSPS) is 26.3. The van der Waals surface area contributed by atoms with Crippen LogP contribution in [0.3, 0.4) is 0 Å². The summed E-state index contributed by atoms with van der Waals surface area (Å²) in [6.45, 7) is -0.120. The van der Waals surface area contributed by atoms with Gasteiger partial charge in [0, 0.05) is 16.7 Å². The summed E-state index contributed by atoms with van der Waals surface area (Å²) in [6.07, 6.45) is -2.01. The maximum Gasteiger partial charge on any atom is 0.243 e. The zero-order valence-electron chi connectivity index (χ0n) is 8.82. The van der Waals surface area contributed by atoms with Crippen LogP contribution in [-0.4, -0.2) is 48.2 Å². The molecule has 1 aromatic rings. The highest BCUT2D eigenvalue weighted by atomic mass is 127. The van der Waals surface area contributed by atoms with E-state index in [-0.39, 0.29) is 18.0 Å². The molecule has 1 saturated heterocycles. The Morgan fingerprint density at radius 3 is 2.06 bits per heavy atom. The molecule has 2 atom stereocenters. The summed E-state index contributed by atoms with van der Waals surface area (Å²) in [5.74, 6) is 0. The minimum atomic E-state index is -3.61. The van der Waals surface area contributed by atoms with Gasteiger partial charge in [0.2, 0.25) is 10.0 Å². The molecule has 0 saturated carbocycles. The molecule has 0 unspecified atom stereocenters. The SMILES string of the molecule is O=S(=O)(c1ccc(I)cc1)N1C[C@@H](O)[C@@H](O)C1. The Hall–Kier alpha value is -0.220. The van der Waals surface area contributed by atoms with Crippen molar-refractivity contribution in [1.29, 1.82) is 0 Å². The van der Waals surface area contributed by atoms with Crippen molar-refractivity contribution in [1.82, 2.24) is 4.31 Å². The third-order valence-corrected chi connectivity index (χ3v) is 5.24. The summed E-state index contributed by atoms with van der Waals surface area (Å²) in [5.41, 5.74) is 0. The first-order valence-electron chi connectivity index (χ1n) is 5.03. The number of halogens is 1. The predicted molar refractivity (Wildman–Crippen MR) is 69.9 cm³/mol. The number of hydrogen-bond donors (Lipinski definition) is 2. The molecule has 0 radical (unpaired) electrons. The minimum Gasteiger partial charge on any atom is -0.389 e. The van der Waals surface area contributed by atoms with Gasteiger partial charge in [-0.15, -0.1) is 0 Å². The summed E-state index contributed by atoms with van der Waals surface area (Å²) in [6, 6.07) is 6.45. The first-order chi connectivity index (χ1) is 7.91. The summed E-state index contributed by atoms with van der Waals surface area (Å²) in [7, 11) is -3.61. The van der Waals surface area contributed by atoms with Gasteiger partial charge in [-0.2, -0.15) is 4.31 Å². The van der Waals surface area contributed by atoms with Crippen LogP contribution in [0.2, 0.25) is 0 Å². The molecule has 0 aliphatic carbocycles. The van der Waals surface area contributed by atoms with Crippen LogP contribution in [0.1, 0.15) is 0 Å². The van der Waals surface area contributed by atoms with Crippen LogP contribution in [0.5, 0.6) is 0 Å².